The zero-order valence-corrected chi connectivity index (χ0v) is 15.1. The maximum Gasteiger partial charge on any atom is 0.192 e. The van der Waals surface area contributed by atoms with Crippen LogP contribution in [0.5, 0.6) is 0 Å². The molecule has 0 amide bonds. The van der Waals surface area contributed by atoms with Crippen LogP contribution in [0.3, 0.4) is 0 Å². The minimum atomic E-state index is 0.432. The fraction of sp³-hybridized carbons (Fsp3) is 0.294. The van der Waals surface area contributed by atoms with Crippen molar-refractivity contribution in [2.45, 2.75) is 26.9 Å². The molecule has 25 heavy (non-hydrogen) atoms. The van der Waals surface area contributed by atoms with Crippen LogP contribution in [0, 0.1) is 6.92 Å². The van der Waals surface area contributed by atoms with Gasteiger partial charge in [0.25, 0.3) is 0 Å². The Morgan fingerprint density at radius 2 is 2.08 bits per heavy atom. The highest BCUT2D eigenvalue weighted by atomic mass is 32.1. The van der Waals surface area contributed by atoms with Crippen molar-refractivity contribution in [3.63, 3.8) is 0 Å². The Labute approximate surface area is 150 Å². The minimum absolute atomic E-state index is 0.432. The van der Waals surface area contributed by atoms with E-state index in [1.54, 1.807) is 17.7 Å². The molecule has 0 aliphatic carbocycles. The third-order valence-electron chi connectivity index (χ3n) is 3.45. The van der Waals surface area contributed by atoms with Gasteiger partial charge in [-0.15, -0.1) is 21.5 Å². The predicted octanol–water partition coefficient (Wildman–Crippen LogP) is 2.29. The Balaban J connectivity index is 1.68. The fourth-order valence-corrected chi connectivity index (χ4v) is 3.03. The average molecular weight is 355 g/mol. The monoisotopic (exact) mass is 355 g/mol. The fourth-order valence-electron chi connectivity index (χ4n) is 2.31. The molecule has 8 heteroatoms. The van der Waals surface area contributed by atoms with Crippen LogP contribution in [0.15, 0.2) is 47.8 Å². The van der Waals surface area contributed by atoms with Gasteiger partial charge in [-0.3, -0.25) is 4.57 Å². The number of guanidine groups is 1. The summed E-state index contributed by atoms with van der Waals surface area (Å²) in [5.74, 6) is 1.52. The van der Waals surface area contributed by atoms with Gasteiger partial charge < -0.3 is 10.6 Å². The van der Waals surface area contributed by atoms with E-state index in [-0.39, 0.29) is 0 Å². The third-order valence-corrected chi connectivity index (χ3v) is 4.36. The summed E-state index contributed by atoms with van der Waals surface area (Å²) < 4.78 is 1.94. The summed E-state index contributed by atoms with van der Waals surface area (Å²) in [7, 11) is 0. The zero-order valence-electron chi connectivity index (χ0n) is 14.3. The molecule has 2 aromatic heterocycles. The zero-order chi connectivity index (χ0) is 17.5. The average Bonchev–Trinajstić information content (AvgIpc) is 3.27. The first kappa shape index (κ1) is 17.1. The summed E-state index contributed by atoms with van der Waals surface area (Å²) in [6.45, 7) is 5.96. The normalized spacial score (nSPS) is 11.5. The van der Waals surface area contributed by atoms with E-state index >= 15 is 0 Å². The van der Waals surface area contributed by atoms with E-state index < -0.39 is 0 Å². The number of hydrogen-bond donors (Lipinski definition) is 2. The van der Waals surface area contributed by atoms with Gasteiger partial charge in [0.2, 0.25) is 0 Å². The smallest absolute Gasteiger partial charge is 0.192 e. The number of aromatic nitrogens is 4. The number of nitrogens with zero attached hydrogens (tertiary/aromatic N) is 5. The molecule has 0 spiro atoms. The number of aryl methyl sites for hydroxylation is 1. The molecule has 2 heterocycles. The van der Waals surface area contributed by atoms with Crippen molar-refractivity contribution < 1.29 is 0 Å². The van der Waals surface area contributed by atoms with Crippen molar-refractivity contribution in [3.05, 3.63) is 58.6 Å². The standard InChI is InChI=1S/C17H21N7S/c1-3-18-17(21-11-16-19-9-13(2)25-16)20-10-15-23-22-12-24(15)14-7-5-4-6-8-14/h4-9,12H,3,10-11H2,1-2H3,(H2,18,20,21). The van der Waals surface area contributed by atoms with Crippen LogP contribution in [-0.4, -0.2) is 32.3 Å². The summed E-state index contributed by atoms with van der Waals surface area (Å²) in [5, 5.41) is 15.8. The molecule has 0 fully saturated rings. The van der Waals surface area contributed by atoms with E-state index in [2.05, 4.69) is 37.7 Å². The summed E-state index contributed by atoms with van der Waals surface area (Å²) in [6.07, 6.45) is 3.59. The maximum absolute atomic E-state index is 4.61. The molecule has 2 N–H and O–H groups in total. The second-order valence-corrected chi connectivity index (χ2v) is 6.69. The van der Waals surface area contributed by atoms with Crippen LogP contribution < -0.4 is 10.6 Å². The summed E-state index contributed by atoms with van der Waals surface area (Å²) in [4.78, 5) is 10.2. The first-order chi connectivity index (χ1) is 12.3. The molecular weight excluding hydrogens is 334 g/mol. The molecule has 0 unspecified atom stereocenters. The SMILES string of the molecule is CCNC(=NCc1nncn1-c1ccccc1)NCc1ncc(C)s1. The first-order valence-electron chi connectivity index (χ1n) is 8.14. The third kappa shape index (κ3) is 4.63. The molecule has 0 bridgehead atoms. The molecule has 130 valence electrons. The lowest BCUT2D eigenvalue weighted by atomic mass is 10.3. The predicted molar refractivity (Wildman–Crippen MR) is 99.9 cm³/mol. The molecule has 1 aromatic carbocycles. The number of aliphatic imine (C=N–C) groups is 1. The number of para-hydroxylation sites is 1. The second kappa shape index (κ2) is 8.39. The van der Waals surface area contributed by atoms with E-state index in [4.69, 9.17) is 0 Å². The van der Waals surface area contributed by atoms with Gasteiger partial charge in [-0.25, -0.2) is 9.98 Å². The highest BCUT2D eigenvalue weighted by Gasteiger charge is 2.07. The second-order valence-electron chi connectivity index (χ2n) is 5.37. The number of thiazole rings is 1. The van der Waals surface area contributed by atoms with Gasteiger partial charge in [-0.05, 0) is 26.0 Å². The minimum Gasteiger partial charge on any atom is -0.357 e. The van der Waals surface area contributed by atoms with E-state index in [0.29, 0.717) is 13.1 Å². The highest BCUT2D eigenvalue weighted by molar-refractivity contribution is 7.11. The largest absolute Gasteiger partial charge is 0.357 e. The van der Waals surface area contributed by atoms with Crippen molar-refractivity contribution in [1.29, 1.82) is 0 Å². The Morgan fingerprint density at radius 3 is 2.80 bits per heavy atom. The summed E-state index contributed by atoms with van der Waals surface area (Å²) in [5.41, 5.74) is 1.02. The molecular formula is C17H21N7S. The van der Waals surface area contributed by atoms with Gasteiger partial charge in [-0.2, -0.15) is 0 Å². The van der Waals surface area contributed by atoms with Gasteiger partial charge in [0, 0.05) is 23.3 Å². The number of rotatable bonds is 6. The van der Waals surface area contributed by atoms with Gasteiger partial charge in [0.05, 0.1) is 6.54 Å². The Kier molecular flexibility index (Phi) is 5.73. The molecule has 0 saturated carbocycles. The lowest BCUT2D eigenvalue weighted by molar-refractivity contribution is 0.791. The molecule has 3 rings (SSSR count). The van der Waals surface area contributed by atoms with E-state index in [1.807, 2.05) is 48.0 Å². The summed E-state index contributed by atoms with van der Waals surface area (Å²) >= 11 is 1.68. The van der Waals surface area contributed by atoms with Crippen LogP contribution in [0.4, 0.5) is 0 Å². The van der Waals surface area contributed by atoms with Crippen molar-refractivity contribution in [3.8, 4) is 5.69 Å². The molecule has 3 aromatic rings. The topological polar surface area (TPSA) is 80.0 Å². The van der Waals surface area contributed by atoms with Crippen LogP contribution in [-0.2, 0) is 13.1 Å². The lowest BCUT2D eigenvalue weighted by Crippen LogP contribution is -2.36. The van der Waals surface area contributed by atoms with Crippen LogP contribution in [0.25, 0.3) is 5.69 Å². The first-order valence-corrected chi connectivity index (χ1v) is 8.95. The van der Waals surface area contributed by atoms with E-state index in [9.17, 15) is 0 Å². The van der Waals surface area contributed by atoms with Crippen molar-refractivity contribution >= 4 is 17.3 Å². The molecule has 7 nitrogen and oxygen atoms in total. The number of hydrogen-bond acceptors (Lipinski definition) is 5. The van der Waals surface area contributed by atoms with Crippen LogP contribution in [0.2, 0.25) is 0 Å². The maximum atomic E-state index is 4.61. The Hall–Kier alpha value is -2.74. The number of benzene rings is 1. The van der Waals surface area contributed by atoms with Crippen LogP contribution in [0.1, 0.15) is 22.6 Å². The highest BCUT2D eigenvalue weighted by Crippen LogP contribution is 2.11. The van der Waals surface area contributed by atoms with Gasteiger partial charge in [0.15, 0.2) is 11.8 Å². The Morgan fingerprint density at radius 1 is 1.24 bits per heavy atom. The molecule has 0 saturated heterocycles. The van der Waals surface area contributed by atoms with Crippen molar-refractivity contribution in [2.75, 3.05) is 6.54 Å². The molecule has 0 aliphatic rings. The van der Waals surface area contributed by atoms with Gasteiger partial charge in [0.1, 0.15) is 17.9 Å². The van der Waals surface area contributed by atoms with Crippen molar-refractivity contribution in [1.82, 2.24) is 30.4 Å². The molecule has 0 aliphatic heterocycles. The Bertz CT molecular complexity index is 822. The van der Waals surface area contributed by atoms with Gasteiger partial charge in [-0.1, -0.05) is 18.2 Å². The molecule has 0 radical (unpaired) electrons. The molecule has 0 atom stereocenters. The van der Waals surface area contributed by atoms with Gasteiger partial charge >= 0.3 is 0 Å². The summed E-state index contributed by atoms with van der Waals surface area (Å²) in [6, 6.07) is 10.0. The van der Waals surface area contributed by atoms with E-state index in [1.165, 1.54) is 4.88 Å². The lowest BCUT2D eigenvalue weighted by Gasteiger charge is -2.10. The van der Waals surface area contributed by atoms with E-state index in [0.717, 1.165) is 29.0 Å². The number of nitrogens with one attached hydrogen (secondary N) is 2. The van der Waals surface area contributed by atoms with Crippen molar-refractivity contribution in [2.24, 2.45) is 4.99 Å². The van der Waals surface area contributed by atoms with Crippen LogP contribution >= 0.6 is 11.3 Å². The quantitative estimate of drug-likeness (QED) is 0.524.